The summed E-state index contributed by atoms with van der Waals surface area (Å²) in [5.41, 5.74) is 2.81. The molecule has 1 heterocycles. The third kappa shape index (κ3) is 4.33. The summed E-state index contributed by atoms with van der Waals surface area (Å²) in [7, 11) is 0. The quantitative estimate of drug-likeness (QED) is 0.843. The molecule has 0 atom stereocenters. The van der Waals surface area contributed by atoms with Crippen molar-refractivity contribution >= 4 is 22.9 Å². The van der Waals surface area contributed by atoms with E-state index in [9.17, 15) is 4.79 Å². The van der Waals surface area contributed by atoms with Gasteiger partial charge in [-0.1, -0.05) is 6.92 Å². The van der Waals surface area contributed by atoms with Gasteiger partial charge < -0.3 is 10.6 Å². The molecular weight excluding hydrogens is 280 g/mol. The molecule has 21 heavy (non-hydrogen) atoms. The van der Waals surface area contributed by atoms with E-state index in [2.05, 4.69) is 36.6 Å². The third-order valence-electron chi connectivity index (χ3n) is 3.27. The van der Waals surface area contributed by atoms with Crippen LogP contribution < -0.4 is 10.6 Å². The number of hydrogen-bond acceptors (Lipinski definition) is 3. The normalized spacial score (nSPS) is 10.4. The van der Waals surface area contributed by atoms with Crippen molar-refractivity contribution in [3.05, 3.63) is 51.2 Å². The third-order valence-corrected chi connectivity index (χ3v) is 4.27. The largest absolute Gasteiger partial charge is 0.385 e. The van der Waals surface area contributed by atoms with Crippen molar-refractivity contribution in [2.75, 3.05) is 11.9 Å². The Morgan fingerprint density at radius 1 is 1.19 bits per heavy atom. The molecule has 0 saturated heterocycles. The molecule has 112 valence electrons. The van der Waals surface area contributed by atoms with E-state index >= 15 is 0 Å². The first-order chi connectivity index (χ1) is 10.1. The fourth-order valence-corrected chi connectivity index (χ4v) is 2.97. The summed E-state index contributed by atoms with van der Waals surface area (Å²) < 4.78 is 0. The average molecular weight is 302 g/mol. The summed E-state index contributed by atoms with van der Waals surface area (Å²) in [6.07, 6.45) is 1.08. The number of carbonyl (C=O) groups is 1. The lowest BCUT2D eigenvalue weighted by molar-refractivity contribution is 0.0950. The van der Waals surface area contributed by atoms with Gasteiger partial charge in [0.1, 0.15) is 0 Å². The molecule has 2 N–H and O–H groups in total. The van der Waals surface area contributed by atoms with Crippen molar-refractivity contribution in [3.63, 3.8) is 0 Å². The molecular formula is C17H22N2OS. The van der Waals surface area contributed by atoms with Gasteiger partial charge >= 0.3 is 0 Å². The Morgan fingerprint density at radius 2 is 2.00 bits per heavy atom. The van der Waals surface area contributed by atoms with Crippen LogP contribution in [-0.2, 0) is 6.54 Å². The van der Waals surface area contributed by atoms with Gasteiger partial charge in [0.05, 0.1) is 6.54 Å². The maximum Gasteiger partial charge on any atom is 0.251 e. The lowest BCUT2D eigenvalue weighted by atomic mass is 10.1. The van der Waals surface area contributed by atoms with Gasteiger partial charge in [-0.2, -0.15) is 0 Å². The van der Waals surface area contributed by atoms with Crippen molar-refractivity contribution in [3.8, 4) is 0 Å². The number of amides is 1. The maximum atomic E-state index is 12.2. The second-order valence-electron chi connectivity index (χ2n) is 5.15. The van der Waals surface area contributed by atoms with Crippen molar-refractivity contribution < 1.29 is 4.79 Å². The fourth-order valence-electron chi connectivity index (χ4n) is 2.14. The molecule has 0 aliphatic heterocycles. The molecule has 4 heteroatoms. The number of rotatable bonds is 6. The first-order valence-electron chi connectivity index (χ1n) is 7.28. The van der Waals surface area contributed by atoms with Crippen LogP contribution in [0.15, 0.2) is 30.3 Å². The number of hydrogen-bond donors (Lipinski definition) is 2. The van der Waals surface area contributed by atoms with Crippen LogP contribution >= 0.6 is 11.3 Å². The Labute approximate surface area is 130 Å². The van der Waals surface area contributed by atoms with Gasteiger partial charge in [0.15, 0.2) is 0 Å². The van der Waals surface area contributed by atoms with E-state index in [0.29, 0.717) is 6.54 Å². The summed E-state index contributed by atoms with van der Waals surface area (Å²) in [4.78, 5) is 14.7. The second-order valence-corrected chi connectivity index (χ2v) is 6.52. The number of thiophene rings is 1. The number of benzene rings is 1. The molecule has 0 spiro atoms. The van der Waals surface area contributed by atoms with Crippen molar-refractivity contribution in [1.82, 2.24) is 5.32 Å². The second kappa shape index (κ2) is 7.27. The molecule has 0 aliphatic carbocycles. The molecule has 0 saturated carbocycles. The number of nitrogens with one attached hydrogen (secondary N) is 2. The number of aryl methyl sites for hydroxylation is 2. The van der Waals surface area contributed by atoms with Crippen LogP contribution in [0.25, 0.3) is 0 Å². The SMILES string of the molecule is CCCNc1ccc(C(=O)NCc2ccc(C)s2)c(C)c1. The van der Waals surface area contributed by atoms with E-state index < -0.39 is 0 Å². The van der Waals surface area contributed by atoms with Gasteiger partial charge in [-0.25, -0.2) is 0 Å². The summed E-state index contributed by atoms with van der Waals surface area (Å²) in [6, 6.07) is 10.0. The van der Waals surface area contributed by atoms with Gasteiger partial charge in [-0.15, -0.1) is 11.3 Å². The monoisotopic (exact) mass is 302 g/mol. The summed E-state index contributed by atoms with van der Waals surface area (Å²) in [5, 5.41) is 6.31. The van der Waals surface area contributed by atoms with Crippen LogP contribution in [0.1, 0.15) is 39.0 Å². The standard InChI is InChI=1S/C17H22N2OS/c1-4-9-18-14-6-8-16(12(2)10-14)17(20)19-11-15-7-5-13(3)21-15/h5-8,10,18H,4,9,11H2,1-3H3,(H,19,20). The van der Waals surface area contributed by atoms with Crippen LogP contribution in [0.5, 0.6) is 0 Å². The minimum atomic E-state index is -0.0133. The highest BCUT2D eigenvalue weighted by Crippen LogP contribution is 2.17. The summed E-state index contributed by atoms with van der Waals surface area (Å²) in [6.45, 7) is 7.72. The predicted octanol–water partition coefficient (Wildman–Crippen LogP) is 4.12. The number of carbonyl (C=O) groups excluding carboxylic acids is 1. The minimum Gasteiger partial charge on any atom is -0.385 e. The van der Waals surface area contributed by atoms with Crippen molar-refractivity contribution in [2.24, 2.45) is 0 Å². The highest BCUT2D eigenvalue weighted by molar-refractivity contribution is 7.11. The van der Waals surface area contributed by atoms with Crippen molar-refractivity contribution in [2.45, 2.75) is 33.7 Å². The lowest BCUT2D eigenvalue weighted by Gasteiger charge is -2.10. The molecule has 2 rings (SSSR count). The molecule has 2 aromatic rings. The first kappa shape index (κ1) is 15.6. The highest BCUT2D eigenvalue weighted by Gasteiger charge is 2.09. The zero-order chi connectivity index (χ0) is 15.2. The van der Waals surface area contributed by atoms with Crippen LogP contribution in [0.4, 0.5) is 5.69 Å². The van der Waals surface area contributed by atoms with Gasteiger partial charge in [0, 0.05) is 27.5 Å². The lowest BCUT2D eigenvalue weighted by Crippen LogP contribution is -2.23. The zero-order valence-electron chi connectivity index (χ0n) is 12.8. The molecule has 0 unspecified atom stereocenters. The minimum absolute atomic E-state index is 0.0133. The Balaban J connectivity index is 1.98. The van der Waals surface area contributed by atoms with E-state index in [1.807, 2.05) is 25.1 Å². The van der Waals surface area contributed by atoms with Crippen LogP contribution in [-0.4, -0.2) is 12.5 Å². The van der Waals surface area contributed by atoms with E-state index in [0.717, 1.165) is 29.8 Å². The predicted molar refractivity (Wildman–Crippen MR) is 90.2 cm³/mol. The van der Waals surface area contributed by atoms with Crippen LogP contribution in [0.3, 0.4) is 0 Å². The molecule has 0 aliphatic rings. The fraction of sp³-hybridized carbons (Fsp3) is 0.353. The van der Waals surface area contributed by atoms with Gasteiger partial charge in [0.2, 0.25) is 0 Å². The number of anilines is 1. The molecule has 0 radical (unpaired) electrons. The van der Waals surface area contributed by atoms with E-state index in [1.165, 1.54) is 9.75 Å². The van der Waals surface area contributed by atoms with Gasteiger partial charge in [-0.3, -0.25) is 4.79 Å². The highest BCUT2D eigenvalue weighted by atomic mass is 32.1. The van der Waals surface area contributed by atoms with Crippen LogP contribution in [0.2, 0.25) is 0 Å². The Morgan fingerprint density at radius 3 is 2.62 bits per heavy atom. The van der Waals surface area contributed by atoms with E-state index in [1.54, 1.807) is 11.3 Å². The van der Waals surface area contributed by atoms with E-state index in [4.69, 9.17) is 0 Å². The molecule has 1 aromatic heterocycles. The molecule has 0 fully saturated rings. The molecule has 0 bridgehead atoms. The van der Waals surface area contributed by atoms with Gasteiger partial charge in [0.25, 0.3) is 5.91 Å². The molecule has 1 aromatic carbocycles. The smallest absolute Gasteiger partial charge is 0.251 e. The average Bonchev–Trinajstić information content (AvgIpc) is 2.88. The molecule has 3 nitrogen and oxygen atoms in total. The Bertz CT molecular complexity index is 619. The molecule has 1 amide bonds. The first-order valence-corrected chi connectivity index (χ1v) is 8.10. The van der Waals surface area contributed by atoms with Crippen LogP contribution in [0, 0.1) is 13.8 Å². The van der Waals surface area contributed by atoms with Crippen molar-refractivity contribution in [1.29, 1.82) is 0 Å². The van der Waals surface area contributed by atoms with E-state index in [-0.39, 0.29) is 5.91 Å². The zero-order valence-corrected chi connectivity index (χ0v) is 13.6. The topological polar surface area (TPSA) is 41.1 Å². The van der Waals surface area contributed by atoms with Gasteiger partial charge in [-0.05, 0) is 56.2 Å². The Hall–Kier alpha value is -1.81. The summed E-state index contributed by atoms with van der Waals surface area (Å²) >= 11 is 1.72. The summed E-state index contributed by atoms with van der Waals surface area (Å²) in [5.74, 6) is -0.0133. The maximum absolute atomic E-state index is 12.2. The Kier molecular flexibility index (Phi) is 5.39.